The molecule has 0 unspecified atom stereocenters. The van der Waals surface area contributed by atoms with E-state index in [0.29, 0.717) is 5.92 Å². The first-order valence-electron chi connectivity index (χ1n) is 3.77. The Morgan fingerprint density at radius 1 is 1.45 bits per heavy atom. The molecule has 0 aromatic carbocycles. The van der Waals surface area contributed by atoms with Crippen LogP contribution < -0.4 is 0 Å². The van der Waals surface area contributed by atoms with Crippen LogP contribution in [0.1, 0.15) is 37.6 Å². The lowest BCUT2D eigenvalue weighted by Gasteiger charge is -2.05. The zero-order valence-electron chi connectivity index (χ0n) is 6.67. The van der Waals surface area contributed by atoms with Gasteiger partial charge in [0.2, 0.25) is 4.73 Å². The van der Waals surface area contributed by atoms with Gasteiger partial charge in [-0.3, -0.25) is 0 Å². The van der Waals surface area contributed by atoms with E-state index in [1.807, 2.05) is 0 Å². The number of aromatic nitrogens is 2. The van der Waals surface area contributed by atoms with Gasteiger partial charge in [-0.2, -0.15) is 4.37 Å². The van der Waals surface area contributed by atoms with Gasteiger partial charge < -0.3 is 0 Å². The zero-order chi connectivity index (χ0) is 8.27. The Kier molecular flexibility index (Phi) is 3.45. The third-order valence-electron chi connectivity index (χ3n) is 1.75. The van der Waals surface area contributed by atoms with E-state index in [9.17, 15) is 0 Å². The summed E-state index contributed by atoms with van der Waals surface area (Å²) in [6, 6.07) is 0. The van der Waals surface area contributed by atoms with E-state index in [1.54, 1.807) is 0 Å². The summed E-state index contributed by atoms with van der Waals surface area (Å²) in [6.45, 7) is 4.37. The largest absolute Gasteiger partial charge is 0.214 e. The molecular formula is C7H11BrN2S. The molecular weight excluding hydrogens is 224 g/mol. The highest BCUT2D eigenvalue weighted by atomic mass is 79.9. The van der Waals surface area contributed by atoms with Crippen molar-refractivity contribution >= 4 is 27.5 Å². The van der Waals surface area contributed by atoms with Gasteiger partial charge in [-0.15, -0.1) is 0 Å². The average molecular weight is 235 g/mol. The summed E-state index contributed by atoms with van der Waals surface area (Å²) in [4.78, 5) is 4.28. The molecule has 0 amide bonds. The summed E-state index contributed by atoms with van der Waals surface area (Å²) in [5, 5.41) is 1.15. The molecule has 1 aromatic heterocycles. The lowest BCUT2D eigenvalue weighted by atomic mass is 10.1. The molecule has 1 rings (SSSR count). The van der Waals surface area contributed by atoms with Crippen molar-refractivity contribution in [3.8, 4) is 0 Å². The van der Waals surface area contributed by atoms with Crippen LogP contribution in [0.5, 0.6) is 0 Å². The molecule has 0 aliphatic heterocycles. The van der Waals surface area contributed by atoms with Gasteiger partial charge in [0.15, 0.2) is 0 Å². The Labute approximate surface area is 79.3 Å². The zero-order valence-corrected chi connectivity index (χ0v) is 9.07. The molecule has 11 heavy (non-hydrogen) atoms. The monoisotopic (exact) mass is 234 g/mol. The predicted octanol–water partition coefficient (Wildman–Crippen LogP) is 3.20. The molecule has 1 heterocycles. The van der Waals surface area contributed by atoms with Gasteiger partial charge >= 0.3 is 0 Å². The second-order valence-electron chi connectivity index (χ2n) is 2.42. The average Bonchev–Trinajstić information content (AvgIpc) is 2.39. The highest BCUT2D eigenvalue weighted by Crippen LogP contribution is 2.25. The van der Waals surface area contributed by atoms with Crippen LogP contribution in [0.25, 0.3) is 0 Å². The lowest BCUT2D eigenvalue weighted by molar-refractivity contribution is 0.636. The Balaban J connectivity index is 2.73. The molecule has 62 valence electrons. The molecule has 0 spiro atoms. The quantitative estimate of drug-likeness (QED) is 0.803. The van der Waals surface area contributed by atoms with Crippen molar-refractivity contribution in [2.24, 2.45) is 0 Å². The molecule has 4 heteroatoms. The maximum Gasteiger partial charge on any atom is 0.209 e. The van der Waals surface area contributed by atoms with Crippen LogP contribution in [0.15, 0.2) is 4.73 Å². The maximum atomic E-state index is 4.28. The third kappa shape index (κ3) is 2.24. The molecule has 0 radical (unpaired) electrons. The van der Waals surface area contributed by atoms with Crippen LogP contribution in [0.2, 0.25) is 0 Å². The number of hydrogen-bond donors (Lipinski definition) is 0. The second kappa shape index (κ2) is 4.16. The fraction of sp³-hybridized carbons (Fsp3) is 0.714. The number of halogens is 1. The number of rotatable bonds is 3. The van der Waals surface area contributed by atoms with E-state index in [4.69, 9.17) is 0 Å². The fourth-order valence-corrected chi connectivity index (χ4v) is 2.36. The van der Waals surface area contributed by atoms with Crippen molar-refractivity contribution < 1.29 is 0 Å². The minimum absolute atomic E-state index is 0.596. The molecule has 0 fully saturated rings. The Morgan fingerprint density at radius 2 is 2.09 bits per heavy atom. The molecule has 2 nitrogen and oxygen atoms in total. The van der Waals surface area contributed by atoms with Gasteiger partial charge in [-0.25, -0.2) is 4.98 Å². The van der Waals surface area contributed by atoms with Gasteiger partial charge in [0, 0.05) is 5.92 Å². The Hall–Kier alpha value is 0.0400. The normalized spacial score (nSPS) is 10.9. The second-order valence-corrected chi connectivity index (χ2v) is 3.91. The molecule has 0 N–H and O–H groups in total. The molecule has 0 saturated carbocycles. The topological polar surface area (TPSA) is 25.8 Å². The van der Waals surface area contributed by atoms with Crippen LogP contribution in [0, 0.1) is 0 Å². The van der Waals surface area contributed by atoms with Crippen molar-refractivity contribution in [2.75, 3.05) is 0 Å². The molecule has 0 aliphatic carbocycles. The van der Waals surface area contributed by atoms with Crippen molar-refractivity contribution in [1.82, 2.24) is 9.36 Å². The lowest BCUT2D eigenvalue weighted by Crippen LogP contribution is -1.93. The van der Waals surface area contributed by atoms with Crippen LogP contribution in [0.4, 0.5) is 0 Å². The van der Waals surface area contributed by atoms with Gasteiger partial charge in [0.05, 0.1) is 0 Å². The first-order chi connectivity index (χ1) is 5.27. The number of hydrogen-bond acceptors (Lipinski definition) is 3. The van der Waals surface area contributed by atoms with Crippen LogP contribution in [-0.2, 0) is 0 Å². The van der Waals surface area contributed by atoms with Crippen molar-refractivity contribution in [1.29, 1.82) is 0 Å². The van der Waals surface area contributed by atoms with Gasteiger partial charge in [-0.1, -0.05) is 13.8 Å². The van der Waals surface area contributed by atoms with Crippen molar-refractivity contribution in [2.45, 2.75) is 32.6 Å². The standard InChI is InChI=1S/C7H11BrN2S/c1-3-5(4-2)6-9-7(8)10-11-6/h5H,3-4H2,1-2H3. The summed E-state index contributed by atoms with van der Waals surface area (Å²) in [5.41, 5.74) is 0. The van der Waals surface area contributed by atoms with Crippen LogP contribution in [0.3, 0.4) is 0 Å². The molecule has 0 atom stereocenters. The molecule has 0 aliphatic rings. The first kappa shape index (κ1) is 9.13. The summed E-state index contributed by atoms with van der Waals surface area (Å²) in [5.74, 6) is 0.596. The molecule has 0 bridgehead atoms. The minimum Gasteiger partial charge on any atom is -0.214 e. The minimum atomic E-state index is 0.596. The summed E-state index contributed by atoms with van der Waals surface area (Å²) < 4.78 is 4.81. The van der Waals surface area contributed by atoms with E-state index < -0.39 is 0 Å². The van der Waals surface area contributed by atoms with E-state index in [0.717, 1.165) is 22.6 Å². The van der Waals surface area contributed by atoms with Gasteiger partial charge in [-0.05, 0) is 40.3 Å². The van der Waals surface area contributed by atoms with E-state index in [2.05, 4.69) is 39.1 Å². The number of nitrogens with zero attached hydrogens (tertiary/aromatic N) is 2. The highest BCUT2D eigenvalue weighted by molar-refractivity contribution is 9.10. The SMILES string of the molecule is CCC(CC)c1nc(Br)ns1. The van der Waals surface area contributed by atoms with E-state index in [1.165, 1.54) is 11.5 Å². The van der Waals surface area contributed by atoms with E-state index >= 15 is 0 Å². The van der Waals surface area contributed by atoms with E-state index in [-0.39, 0.29) is 0 Å². The summed E-state index contributed by atoms with van der Waals surface area (Å²) in [6.07, 6.45) is 2.30. The fourth-order valence-electron chi connectivity index (χ4n) is 1.02. The highest BCUT2D eigenvalue weighted by Gasteiger charge is 2.11. The molecule has 0 saturated heterocycles. The van der Waals surface area contributed by atoms with Crippen LogP contribution >= 0.6 is 27.5 Å². The molecule has 1 aromatic rings. The van der Waals surface area contributed by atoms with Crippen molar-refractivity contribution in [3.05, 3.63) is 9.74 Å². The smallest absolute Gasteiger partial charge is 0.209 e. The Bertz CT molecular complexity index is 220. The summed E-state index contributed by atoms with van der Waals surface area (Å²) in [7, 11) is 0. The Morgan fingerprint density at radius 3 is 2.45 bits per heavy atom. The van der Waals surface area contributed by atoms with Crippen LogP contribution in [-0.4, -0.2) is 9.36 Å². The summed E-state index contributed by atoms with van der Waals surface area (Å²) >= 11 is 4.75. The van der Waals surface area contributed by atoms with Crippen molar-refractivity contribution in [3.63, 3.8) is 0 Å². The third-order valence-corrected chi connectivity index (χ3v) is 3.22. The predicted molar refractivity (Wildman–Crippen MR) is 50.9 cm³/mol. The first-order valence-corrected chi connectivity index (χ1v) is 5.33. The maximum absolute atomic E-state index is 4.28. The van der Waals surface area contributed by atoms with Gasteiger partial charge in [0.25, 0.3) is 0 Å². The van der Waals surface area contributed by atoms with Gasteiger partial charge in [0.1, 0.15) is 5.01 Å².